The Bertz CT molecular complexity index is 832. The van der Waals surface area contributed by atoms with Crippen LogP contribution >= 0.6 is 12.0 Å². The number of rotatable bonds is 17. The molecule has 0 saturated carbocycles. The summed E-state index contributed by atoms with van der Waals surface area (Å²) in [4.78, 5) is 23.4. The first-order chi connectivity index (χ1) is 17.3. The van der Waals surface area contributed by atoms with Gasteiger partial charge in [-0.25, -0.2) is 17.6 Å². The Balaban J connectivity index is 0. The van der Waals surface area contributed by atoms with E-state index in [1.165, 1.54) is 0 Å². The summed E-state index contributed by atoms with van der Waals surface area (Å²) in [5, 5.41) is 12.5. The average molecular weight is 678 g/mol. The molecule has 0 saturated heterocycles. The third kappa shape index (κ3) is 9.60. The minimum Gasteiger partial charge on any atom is -0.691 e. The fraction of sp³-hybridized carbons (Fsp3) is 0.867. The van der Waals surface area contributed by atoms with Gasteiger partial charge in [0.25, 0.3) is 0 Å². The second-order valence-electron chi connectivity index (χ2n) is 7.00. The number of carbonyl (C=O) groups is 2. The van der Waals surface area contributed by atoms with Crippen LogP contribution in [0.25, 0.3) is 0 Å². The van der Waals surface area contributed by atoms with E-state index >= 15 is 0 Å². The third-order valence-electron chi connectivity index (χ3n) is 4.21. The SMILES string of the molecule is O=C(CC(CSOO[O-])C(=O)OCC(F)(F)C(F)(F)C(F)(F)C(F)F)OCC(F)(F)C(F)(F)C(F)(F)C(F)F.[K+]. The van der Waals surface area contributed by atoms with Crippen LogP contribution in [0.5, 0.6) is 0 Å². The smallest absolute Gasteiger partial charge is 0.691 e. The molecule has 0 heterocycles. The summed E-state index contributed by atoms with van der Waals surface area (Å²) in [6.07, 6.45) is -12.5. The average Bonchev–Trinajstić information content (AvgIpc) is 2.79. The van der Waals surface area contributed by atoms with Crippen molar-refractivity contribution in [1.82, 2.24) is 0 Å². The third-order valence-corrected chi connectivity index (χ3v) is 4.90. The zero-order chi connectivity index (χ0) is 31.3. The summed E-state index contributed by atoms with van der Waals surface area (Å²) in [6.45, 7) is -6.13. The van der Waals surface area contributed by atoms with Gasteiger partial charge >= 0.3 is 112 Å². The van der Waals surface area contributed by atoms with Gasteiger partial charge in [-0.3, -0.25) is 14.6 Å². The van der Waals surface area contributed by atoms with Gasteiger partial charge in [0.05, 0.1) is 12.3 Å². The van der Waals surface area contributed by atoms with Crippen molar-refractivity contribution >= 4 is 24.0 Å². The summed E-state index contributed by atoms with van der Waals surface area (Å²) in [6, 6.07) is 0. The zero-order valence-corrected chi connectivity index (χ0v) is 22.8. The van der Waals surface area contributed by atoms with Crippen molar-refractivity contribution < 1.29 is 155 Å². The molecule has 0 amide bonds. The molecule has 0 spiro atoms. The minimum atomic E-state index is -6.85. The van der Waals surface area contributed by atoms with Crippen LogP contribution in [0.3, 0.4) is 0 Å². The van der Waals surface area contributed by atoms with Gasteiger partial charge in [0, 0.05) is 17.8 Å². The zero-order valence-electron chi connectivity index (χ0n) is 18.9. The van der Waals surface area contributed by atoms with E-state index in [1.807, 2.05) is 0 Å². The Morgan fingerprint density at radius 3 is 1.43 bits per heavy atom. The van der Waals surface area contributed by atoms with Gasteiger partial charge in [0.15, 0.2) is 13.2 Å². The molecule has 0 rings (SSSR count). The molecule has 0 aromatic heterocycles. The van der Waals surface area contributed by atoms with Crippen LogP contribution in [0, 0.1) is 5.92 Å². The Kier molecular flexibility index (Phi) is 16.1. The molecule has 0 aliphatic carbocycles. The Labute approximate surface area is 257 Å². The van der Waals surface area contributed by atoms with Crippen LogP contribution in [0.4, 0.5) is 70.2 Å². The van der Waals surface area contributed by atoms with Crippen LogP contribution < -0.4 is 56.6 Å². The van der Waals surface area contributed by atoms with Gasteiger partial charge < -0.3 is 14.7 Å². The maximum absolute atomic E-state index is 13.5. The topological polar surface area (TPSA) is 94.1 Å². The maximum Gasteiger partial charge on any atom is 1.00 e. The van der Waals surface area contributed by atoms with Crippen molar-refractivity contribution in [3.63, 3.8) is 0 Å². The quantitative estimate of drug-likeness (QED) is 0.0433. The van der Waals surface area contributed by atoms with Crippen molar-refractivity contribution in [1.29, 1.82) is 0 Å². The van der Waals surface area contributed by atoms with Crippen molar-refractivity contribution in [2.45, 2.75) is 54.8 Å². The minimum absolute atomic E-state index is 0. The van der Waals surface area contributed by atoms with Crippen molar-refractivity contribution in [2.75, 3.05) is 19.0 Å². The Hall–Kier alpha value is -0.314. The molecule has 25 heteroatoms. The normalized spacial score (nSPS) is 14.7. The van der Waals surface area contributed by atoms with E-state index in [2.05, 4.69) is 18.8 Å². The van der Waals surface area contributed by atoms with Gasteiger partial charge in [-0.05, 0) is 0 Å². The molecule has 1 atom stereocenters. The molecule has 0 bridgehead atoms. The number of halogens is 16. The van der Waals surface area contributed by atoms with Crippen molar-refractivity contribution in [3.8, 4) is 0 Å². The molecule has 7 nitrogen and oxygen atoms in total. The fourth-order valence-corrected chi connectivity index (χ4v) is 2.51. The van der Waals surface area contributed by atoms with Crippen molar-refractivity contribution in [2.24, 2.45) is 5.92 Å². The van der Waals surface area contributed by atoms with Crippen LogP contribution in [0.1, 0.15) is 6.42 Å². The van der Waals surface area contributed by atoms with Gasteiger partial charge in [0.2, 0.25) is 0 Å². The van der Waals surface area contributed by atoms with E-state index in [1.54, 1.807) is 0 Å². The molecule has 0 fully saturated rings. The largest absolute Gasteiger partial charge is 1.00 e. The van der Waals surface area contributed by atoms with E-state index in [0.717, 1.165) is 0 Å². The number of esters is 2. The monoisotopic (exact) mass is 678 g/mol. The van der Waals surface area contributed by atoms with Gasteiger partial charge in [0.1, 0.15) is 0 Å². The van der Waals surface area contributed by atoms with Crippen LogP contribution in [-0.4, -0.2) is 79.3 Å². The standard InChI is InChI=1S/C15H12F16O7S.K/c16-8(17)12(24,25)14(28,29)10(20,21)3-35-6(32)1-5(2-39-38-37-34)7(33)36-4-11(22,23)15(30,31)13(26,27)9(18)19;/h5,8-9,34H,1-4H2;/q;+1/p-1. The number of alkyl halides is 16. The molecule has 1 unspecified atom stereocenters. The molecular weight excluding hydrogens is 667 g/mol. The number of ether oxygens (including phenoxy) is 2. The van der Waals surface area contributed by atoms with Crippen LogP contribution in [-0.2, 0) is 28.4 Å². The molecule has 0 aromatic rings. The van der Waals surface area contributed by atoms with E-state index in [9.17, 15) is 85.1 Å². The Morgan fingerprint density at radius 1 is 0.700 bits per heavy atom. The molecule has 232 valence electrons. The van der Waals surface area contributed by atoms with E-state index in [4.69, 9.17) is 0 Å². The molecule has 0 aliphatic heterocycles. The van der Waals surface area contributed by atoms with Crippen molar-refractivity contribution in [3.05, 3.63) is 0 Å². The van der Waals surface area contributed by atoms with E-state index in [-0.39, 0.29) is 63.4 Å². The molecule has 0 radical (unpaired) electrons. The second-order valence-corrected chi connectivity index (χ2v) is 7.70. The van der Waals surface area contributed by atoms with Gasteiger partial charge in [-0.2, -0.15) is 57.0 Å². The molecule has 40 heavy (non-hydrogen) atoms. The summed E-state index contributed by atoms with van der Waals surface area (Å²) in [5.41, 5.74) is 0. The first-order valence-corrected chi connectivity index (χ1v) is 9.98. The first-order valence-electron chi connectivity index (χ1n) is 9.07. The number of hydrogen-bond acceptors (Lipinski definition) is 8. The number of hydrogen-bond donors (Lipinski definition) is 0. The predicted molar refractivity (Wildman–Crippen MR) is 86.3 cm³/mol. The molecular formula is C15H11F16KO7S. The molecule has 0 N–H and O–H groups in total. The van der Waals surface area contributed by atoms with Gasteiger partial charge in [-0.1, -0.05) is 0 Å². The van der Waals surface area contributed by atoms with Crippen LogP contribution in [0.2, 0.25) is 0 Å². The maximum atomic E-state index is 13.5. The summed E-state index contributed by atoms with van der Waals surface area (Å²) in [5.74, 6) is -47.8. The first kappa shape index (κ1) is 41.8. The fourth-order valence-electron chi connectivity index (χ4n) is 1.99. The summed E-state index contributed by atoms with van der Waals surface area (Å²) < 4.78 is 217. The summed E-state index contributed by atoms with van der Waals surface area (Å²) >= 11 is -0.336. The summed E-state index contributed by atoms with van der Waals surface area (Å²) in [7, 11) is 0. The van der Waals surface area contributed by atoms with Gasteiger partial charge in [-0.15, -0.1) is 0 Å². The van der Waals surface area contributed by atoms with E-state index < -0.39 is 91.6 Å². The Morgan fingerprint density at radius 2 is 1.07 bits per heavy atom. The molecule has 0 aliphatic rings. The van der Waals surface area contributed by atoms with E-state index in [0.29, 0.717) is 0 Å². The second kappa shape index (κ2) is 15.4. The predicted octanol–water partition coefficient (Wildman–Crippen LogP) is 1.30. The molecule has 0 aromatic carbocycles. The van der Waals surface area contributed by atoms with Crippen LogP contribution in [0.15, 0.2) is 0 Å². The number of carbonyl (C=O) groups excluding carboxylic acids is 2.